The Morgan fingerprint density at radius 1 is 1.00 bits per heavy atom. The van der Waals surface area contributed by atoms with E-state index >= 15 is 0 Å². The van der Waals surface area contributed by atoms with E-state index in [1.54, 1.807) is 11.0 Å². The summed E-state index contributed by atoms with van der Waals surface area (Å²) in [5.74, 6) is 0. The Hall–Kier alpha value is -2.50. The maximum Gasteiger partial charge on any atom is 0.416 e. The van der Waals surface area contributed by atoms with Crippen LogP contribution in [0.25, 0.3) is 0 Å². The Bertz CT molecular complexity index is 825. The standard InChI is InChI=1S/C20H21F3N2O/c1-13-9-14(2)11-16(10-13)12-24-7-8-25(19(24)26)18-6-4-5-17(15(18)3)20(21,22)23/h4-6,9-11H,7-8,12H2,1-3H3. The van der Waals surface area contributed by atoms with Gasteiger partial charge in [-0.1, -0.05) is 35.4 Å². The number of benzene rings is 2. The van der Waals surface area contributed by atoms with E-state index in [2.05, 4.69) is 6.07 Å². The van der Waals surface area contributed by atoms with Gasteiger partial charge in [-0.15, -0.1) is 0 Å². The van der Waals surface area contributed by atoms with Crippen LogP contribution in [0.5, 0.6) is 0 Å². The van der Waals surface area contributed by atoms with Gasteiger partial charge in [-0.3, -0.25) is 4.90 Å². The van der Waals surface area contributed by atoms with Crippen LogP contribution in [0.4, 0.5) is 23.7 Å². The molecule has 1 fully saturated rings. The highest BCUT2D eigenvalue weighted by molar-refractivity contribution is 5.95. The van der Waals surface area contributed by atoms with E-state index in [1.807, 2.05) is 26.0 Å². The molecule has 3 rings (SSSR count). The molecule has 3 nitrogen and oxygen atoms in total. The third kappa shape index (κ3) is 3.54. The lowest BCUT2D eigenvalue weighted by Gasteiger charge is -2.22. The summed E-state index contributed by atoms with van der Waals surface area (Å²) in [6.45, 7) is 6.74. The predicted molar refractivity (Wildman–Crippen MR) is 95.2 cm³/mol. The summed E-state index contributed by atoms with van der Waals surface area (Å²) in [5, 5.41) is 0. The topological polar surface area (TPSA) is 23.6 Å². The van der Waals surface area contributed by atoms with Crippen molar-refractivity contribution in [3.8, 4) is 0 Å². The van der Waals surface area contributed by atoms with E-state index < -0.39 is 11.7 Å². The summed E-state index contributed by atoms with van der Waals surface area (Å²) < 4.78 is 39.4. The Balaban J connectivity index is 1.84. The zero-order chi connectivity index (χ0) is 19.1. The van der Waals surface area contributed by atoms with Crippen LogP contribution in [0.15, 0.2) is 36.4 Å². The minimum atomic E-state index is -4.43. The first-order chi connectivity index (χ1) is 12.2. The minimum absolute atomic E-state index is 0.0848. The molecule has 1 saturated heterocycles. The molecule has 0 spiro atoms. The van der Waals surface area contributed by atoms with Gasteiger partial charge in [-0.25, -0.2) is 4.79 Å². The zero-order valence-electron chi connectivity index (χ0n) is 15.0. The van der Waals surface area contributed by atoms with E-state index in [-0.39, 0.29) is 11.6 Å². The fourth-order valence-corrected chi connectivity index (χ4v) is 3.56. The average molecular weight is 362 g/mol. The normalized spacial score (nSPS) is 15.1. The Kier molecular flexibility index (Phi) is 4.69. The van der Waals surface area contributed by atoms with Crippen molar-refractivity contribution in [2.75, 3.05) is 18.0 Å². The van der Waals surface area contributed by atoms with Crippen LogP contribution in [0.2, 0.25) is 0 Å². The molecular formula is C20H21F3N2O. The highest BCUT2D eigenvalue weighted by atomic mass is 19.4. The van der Waals surface area contributed by atoms with Gasteiger partial charge in [-0.2, -0.15) is 13.2 Å². The highest BCUT2D eigenvalue weighted by Crippen LogP contribution is 2.36. The molecule has 6 heteroatoms. The van der Waals surface area contributed by atoms with Gasteiger partial charge in [0, 0.05) is 25.3 Å². The van der Waals surface area contributed by atoms with Crippen LogP contribution in [0.1, 0.15) is 27.8 Å². The zero-order valence-corrected chi connectivity index (χ0v) is 15.0. The van der Waals surface area contributed by atoms with Crippen LogP contribution in [0.3, 0.4) is 0 Å². The Labute approximate surface area is 151 Å². The smallest absolute Gasteiger partial charge is 0.318 e. The van der Waals surface area contributed by atoms with E-state index in [1.165, 1.54) is 17.9 Å². The number of urea groups is 1. The summed E-state index contributed by atoms with van der Waals surface area (Å²) in [4.78, 5) is 15.9. The monoisotopic (exact) mass is 362 g/mol. The fourth-order valence-electron chi connectivity index (χ4n) is 3.56. The van der Waals surface area contributed by atoms with Crippen LogP contribution >= 0.6 is 0 Å². The number of alkyl halides is 3. The summed E-state index contributed by atoms with van der Waals surface area (Å²) in [6.07, 6.45) is -4.43. The van der Waals surface area contributed by atoms with E-state index in [9.17, 15) is 18.0 Å². The molecule has 0 N–H and O–H groups in total. The molecule has 1 heterocycles. The molecule has 2 aromatic carbocycles. The maximum atomic E-state index is 13.1. The van der Waals surface area contributed by atoms with Crippen LogP contribution in [-0.2, 0) is 12.7 Å². The number of hydrogen-bond donors (Lipinski definition) is 0. The summed E-state index contributed by atoms with van der Waals surface area (Å²) in [7, 11) is 0. The molecule has 0 saturated carbocycles. The second-order valence-corrected chi connectivity index (χ2v) is 6.80. The first-order valence-corrected chi connectivity index (χ1v) is 8.47. The van der Waals surface area contributed by atoms with Gasteiger partial charge in [0.15, 0.2) is 0 Å². The number of hydrogen-bond acceptors (Lipinski definition) is 1. The molecule has 26 heavy (non-hydrogen) atoms. The first kappa shape index (κ1) is 18.3. The second-order valence-electron chi connectivity index (χ2n) is 6.80. The summed E-state index contributed by atoms with van der Waals surface area (Å²) in [5.41, 5.74) is 2.98. The van der Waals surface area contributed by atoms with Crippen molar-refractivity contribution in [3.63, 3.8) is 0 Å². The molecular weight excluding hydrogens is 341 g/mol. The number of carbonyl (C=O) groups is 1. The quantitative estimate of drug-likeness (QED) is 0.747. The fraction of sp³-hybridized carbons (Fsp3) is 0.350. The summed E-state index contributed by atoms with van der Waals surface area (Å²) >= 11 is 0. The Morgan fingerprint density at radius 2 is 1.65 bits per heavy atom. The average Bonchev–Trinajstić information content (AvgIpc) is 2.86. The number of amides is 2. The van der Waals surface area contributed by atoms with Gasteiger partial charge in [0.05, 0.1) is 5.56 Å². The van der Waals surface area contributed by atoms with Crippen molar-refractivity contribution >= 4 is 11.7 Å². The molecule has 0 aliphatic carbocycles. The first-order valence-electron chi connectivity index (χ1n) is 8.47. The van der Waals surface area contributed by atoms with Crippen molar-refractivity contribution < 1.29 is 18.0 Å². The molecule has 0 aromatic heterocycles. The molecule has 0 unspecified atom stereocenters. The predicted octanol–water partition coefficient (Wildman–Crippen LogP) is 5.07. The molecule has 0 bridgehead atoms. The lowest BCUT2D eigenvalue weighted by atomic mass is 10.1. The van der Waals surface area contributed by atoms with E-state index in [4.69, 9.17) is 0 Å². The van der Waals surface area contributed by atoms with Crippen molar-refractivity contribution in [1.82, 2.24) is 4.90 Å². The van der Waals surface area contributed by atoms with Gasteiger partial charge in [0.1, 0.15) is 0 Å². The number of halogens is 3. The molecule has 0 radical (unpaired) electrons. The van der Waals surface area contributed by atoms with E-state index in [0.29, 0.717) is 25.3 Å². The molecule has 138 valence electrons. The number of rotatable bonds is 3. The lowest BCUT2D eigenvalue weighted by Crippen LogP contribution is -2.32. The number of anilines is 1. The van der Waals surface area contributed by atoms with Crippen molar-refractivity contribution in [1.29, 1.82) is 0 Å². The van der Waals surface area contributed by atoms with Crippen LogP contribution in [0, 0.1) is 20.8 Å². The summed E-state index contributed by atoms with van der Waals surface area (Å²) in [6, 6.07) is 9.83. The maximum absolute atomic E-state index is 13.1. The third-order valence-corrected chi connectivity index (χ3v) is 4.65. The molecule has 0 atom stereocenters. The number of aryl methyl sites for hydroxylation is 2. The minimum Gasteiger partial charge on any atom is -0.318 e. The Morgan fingerprint density at radius 3 is 2.27 bits per heavy atom. The second kappa shape index (κ2) is 6.67. The van der Waals surface area contributed by atoms with Gasteiger partial charge >= 0.3 is 12.2 Å². The molecule has 2 aromatic rings. The SMILES string of the molecule is Cc1cc(C)cc(CN2CCN(c3cccc(C(F)(F)F)c3C)C2=O)c1. The number of nitrogens with zero attached hydrogens (tertiary/aromatic N) is 2. The van der Waals surface area contributed by atoms with E-state index in [0.717, 1.165) is 22.8 Å². The molecule has 2 amide bonds. The molecule has 1 aliphatic heterocycles. The van der Waals surface area contributed by atoms with Gasteiger partial charge in [0.25, 0.3) is 0 Å². The van der Waals surface area contributed by atoms with Gasteiger partial charge in [0.2, 0.25) is 0 Å². The van der Waals surface area contributed by atoms with Crippen molar-refractivity contribution in [3.05, 3.63) is 64.2 Å². The molecule has 1 aliphatic rings. The van der Waals surface area contributed by atoms with Crippen molar-refractivity contribution in [2.24, 2.45) is 0 Å². The van der Waals surface area contributed by atoms with Crippen molar-refractivity contribution in [2.45, 2.75) is 33.5 Å². The lowest BCUT2D eigenvalue weighted by molar-refractivity contribution is -0.138. The van der Waals surface area contributed by atoms with Gasteiger partial charge < -0.3 is 4.90 Å². The van der Waals surface area contributed by atoms with Gasteiger partial charge in [-0.05, 0) is 44.0 Å². The van der Waals surface area contributed by atoms with Crippen LogP contribution < -0.4 is 4.90 Å². The third-order valence-electron chi connectivity index (χ3n) is 4.65. The number of carbonyl (C=O) groups excluding carboxylic acids is 1. The highest BCUT2D eigenvalue weighted by Gasteiger charge is 2.36. The van der Waals surface area contributed by atoms with Crippen LogP contribution in [-0.4, -0.2) is 24.0 Å². The largest absolute Gasteiger partial charge is 0.416 e.